The topological polar surface area (TPSA) is 26.7 Å². The van der Waals surface area contributed by atoms with Crippen LogP contribution >= 0.6 is 15.9 Å². The van der Waals surface area contributed by atoms with E-state index in [2.05, 4.69) is 63.1 Å². The number of anilines is 3. The number of aliphatic hydroxyl groups excluding tert-OH is 1. The van der Waals surface area contributed by atoms with Crippen molar-refractivity contribution in [2.45, 2.75) is 13.0 Å². The first-order valence-electron chi connectivity index (χ1n) is 7.13. The van der Waals surface area contributed by atoms with Crippen LogP contribution in [0.3, 0.4) is 0 Å². The van der Waals surface area contributed by atoms with Crippen molar-refractivity contribution in [3.63, 3.8) is 0 Å². The van der Waals surface area contributed by atoms with Crippen LogP contribution in [-0.4, -0.2) is 25.2 Å². The van der Waals surface area contributed by atoms with Gasteiger partial charge in [-0.05, 0) is 52.7 Å². The molecule has 2 aromatic rings. The summed E-state index contributed by atoms with van der Waals surface area (Å²) in [7, 11) is 2.13. The van der Waals surface area contributed by atoms with Crippen molar-refractivity contribution in [3.8, 4) is 0 Å². The van der Waals surface area contributed by atoms with Gasteiger partial charge in [0.2, 0.25) is 0 Å². The number of nitrogens with zero attached hydrogens (tertiary/aromatic N) is 2. The third-order valence-electron chi connectivity index (χ3n) is 3.99. The minimum Gasteiger partial charge on any atom is -0.389 e. The fourth-order valence-electron chi connectivity index (χ4n) is 2.76. The van der Waals surface area contributed by atoms with Crippen LogP contribution in [-0.2, 0) is 0 Å². The lowest BCUT2D eigenvalue weighted by molar-refractivity contribution is 0.199. The lowest BCUT2D eigenvalue weighted by Crippen LogP contribution is -2.36. The third kappa shape index (κ3) is 2.65. The Bertz CT molecular complexity index is 657. The molecule has 0 saturated heterocycles. The lowest BCUT2D eigenvalue weighted by atomic mass is 10.1. The molecule has 3 nitrogen and oxygen atoms in total. The van der Waals surface area contributed by atoms with Crippen LogP contribution in [0.4, 0.5) is 17.1 Å². The molecule has 1 unspecified atom stereocenters. The Hall–Kier alpha value is -1.52. The molecular formula is C17H19BrN2O. The smallest absolute Gasteiger partial charge is 0.0762 e. The summed E-state index contributed by atoms with van der Waals surface area (Å²) in [6.45, 7) is 3.72. The first-order valence-corrected chi connectivity index (χ1v) is 7.92. The van der Waals surface area contributed by atoms with E-state index in [0.717, 1.165) is 28.8 Å². The quantitative estimate of drug-likeness (QED) is 0.886. The first-order chi connectivity index (χ1) is 10.1. The molecule has 2 aromatic carbocycles. The Labute approximate surface area is 133 Å². The molecule has 110 valence electrons. The van der Waals surface area contributed by atoms with Crippen LogP contribution in [0.25, 0.3) is 0 Å². The van der Waals surface area contributed by atoms with Gasteiger partial charge in [0.1, 0.15) is 0 Å². The summed E-state index contributed by atoms with van der Waals surface area (Å²) in [5.41, 5.74) is 4.53. The second-order valence-electron chi connectivity index (χ2n) is 5.45. The van der Waals surface area contributed by atoms with Crippen molar-refractivity contribution in [2.75, 3.05) is 29.9 Å². The normalized spacial score (nSPS) is 15.8. The van der Waals surface area contributed by atoms with Crippen molar-refractivity contribution in [1.82, 2.24) is 0 Å². The summed E-state index contributed by atoms with van der Waals surface area (Å²) in [6.07, 6.45) is -0.449. The van der Waals surface area contributed by atoms with E-state index in [4.69, 9.17) is 0 Å². The molecule has 4 heteroatoms. The number of hydrogen-bond donors (Lipinski definition) is 1. The molecule has 1 atom stereocenters. The van der Waals surface area contributed by atoms with Gasteiger partial charge in [-0.25, -0.2) is 0 Å². The van der Waals surface area contributed by atoms with Crippen LogP contribution in [0.1, 0.15) is 18.6 Å². The molecule has 0 spiro atoms. The summed E-state index contributed by atoms with van der Waals surface area (Å²) in [5, 5.41) is 9.70. The molecule has 0 amide bonds. The average Bonchev–Trinajstić information content (AvgIpc) is 2.48. The number of rotatable bonds is 2. The van der Waals surface area contributed by atoms with Crippen molar-refractivity contribution in [3.05, 3.63) is 52.5 Å². The van der Waals surface area contributed by atoms with Crippen molar-refractivity contribution in [2.24, 2.45) is 0 Å². The Balaban J connectivity index is 2.04. The second kappa shape index (κ2) is 5.70. The van der Waals surface area contributed by atoms with Gasteiger partial charge in [0.15, 0.2) is 0 Å². The van der Waals surface area contributed by atoms with Crippen molar-refractivity contribution >= 4 is 33.0 Å². The summed E-state index contributed by atoms with van der Waals surface area (Å²) in [4.78, 5) is 4.61. The highest BCUT2D eigenvalue weighted by Gasteiger charge is 2.22. The van der Waals surface area contributed by atoms with Crippen molar-refractivity contribution in [1.29, 1.82) is 0 Å². The number of halogens is 1. The number of fused-ring (bicyclic) bond motifs is 1. The minimum absolute atomic E-state index is 0.449. The van der Waals surface area contributed by atoms with E-state index >= 15 is 0 Å². The van der Waals surface area contributed by atoms with E-state index in [9.17, 15) is 5.11 Å². The summed E-state index contributed by atoms with van der Waals surface area (Å²) in [6, 6.07) is 14.5. The molecule has 1 aliphatic rings. The molecule has 0 bridgehead atoms. The number of aliphatic hydroxyl groups is 1. The fraction of sp³-hybridized carbons (Fsp3) is 0.294. The van der Waals surface area contributed by atoms with Gasteiger partial charge in [0.25, 0.3) is 0 Å². The number of hydrogen-bond acceptors (Lipinski definition) is 3. The van der Waals surface area contributed by atoms with Crippen LogP contribution in [0.5, 0.6) is 0 Å². The minimum atomic E-state index is -0.449. The summed E-state index contributed by atoms with van der Waals surface area (Å²) >= 11 is 3.65. The van der Waals surface area contributed by atoms with Gasteiger partial charge in [0, 0.05) is 24.6 Å². The van der Waals surface area contributed by atoms with Gasteiger partial charge < -0.3 is 14.9 Å². The maximum Gasteiger partial charge on any atom is 0.0762 e. The average molecular weight is 347 g/mol. The van der Waals surface area contributed by atoms with Gasteiger partial charge in [-0.3, -0.25) is 0 Å². The van der Waals surface area contributed by atoms with Gasteiger partial charge >= 0.3 is 0 Å². The molecule has 0 aromatic heterocycles. The van der Waals surface area contributed by atoms with Gasteiger partial charge in [0.05, 0.1) is 23.2 Å². The predicted octanol–water partition coefficient (Wildman–Crippen LogP) is 4.09. The zero-order valence-corrected chi connectivity index (χ0v) is 13.8. The molecule has 0 fully saturated rings. The first kappa shape index (κ1) is 14.4. The SMILES string of the molecule is CC(O)c1ccc(N2CCN(C)c3ccccc32)c(Br)c1. The molecule has 1 heterocycles. The maximum absolute atomic E-state index is 9.70. The molecule has 21 heavy (non-hydrogen) atoms. The Morgan fingerprint density at radius 2 is 1.76 bits per heavy atom. The van der Waals surface area contributed by atoms with Crippen LogP contribution in [0, 0.1) is 0 Å². The Morgan fingerprint density at radius 1 is 1.05 bits per heavy atom. The molecule has 3 rings (SSSR count). The molecular weight excluding hydrogens is 328 g/mol. The highest BCUT2D eigenvalue weighted by atomic mass is 79.9. The Morgan fingerprint density at radius 3 is 2.43 bits per heavy atom. The third-order valence-corrected chi connectivity index (χ3v) is 4.62. The largest absolute Gasteiger partial charge is 0.389 e. The van der Waals surface area contributed by atoms with Gasteiger partial charge in [-0.15, -0.1) is 0 Å². The highest BCUT2D eigenvalue weighted by molar-refractivity contribution is 9.10. The van der Waals surface area contributed by atoms with Crippen LogP contribution in [0.2, 0.25) is 0 Å². The van der Waals surface area contributed by atoms with E-state index in [1.54, 1.807) is 6.92 Å². The zero-order valence-electron chi connectivity index (χ0n) is 12.3. The zero-order chi connectivity index (χ0) is 15.0. The van der Waals surface area contributed by atoms with E-state index < -0.39 is 6.10 Å². The molecule has 0 radical (unpaired) electrons. The van der Waals surface area contributed by atoms with E-state index in [-0.39, 0.29) is 0 Å². The molecule has 0 saturated carbocycles. The summed E-state index contributed by atoms with van der Waals surface area (Å²) in [5.74, 6) is 0. The predicted molar refractivity (Wildman–Crippen MR) is 91.5 cm³/mol. The Kier molecular flexibility index (Phi) is 3.91. The number of benzene rings is 2. The van der Waals surface area contributed by atoms with Gasteiger partial charge in [-0.2, -0.15) is 0 Å². The standard InChI is InChI=1S/C17H19BrN2O/c1-12(21)13-7-8-15(14(18)11-13)20-10-9-19(2)16-5-3-4-6-17(16)20/h3-8,11-12,21H,9-10H2,1-2H3. The molecule has 0 aliphatic carbocycles. The van der Waals surface area contributed by atoms with E-state index in [1.165, 1.54) is 11.4 Å². The second-order valence-corrected chi connectivity index (χ2v) is 6.30. The van der Waals surface area contributed by atoms with E-state index in [0.29, 0.717) is 0 Å². The van der Waals surface area contributed by atoms with Gasteiger partial charge in [-0.1, -0.05) is 18.2 Å². The van der Waals surface area contributed by atoms with E-state index in [1.807, 2.05) is 12.1 Å². The maximum atomic E-state index is 9.70. The molecule has 1 N–H and O–H groups in total. The number of para-hydroxylation sites is 2. The van der Waals surface area contributed by atoms with Crippen LogP contribution < -0.4 is 9.80 Å². The van der Waals surface area contributed by atoms with Crippen LogP contribution in [0.15, 0.2) is 46.9 Å². The monoisotopic (exact) mass is 346 g/mol. The molecule has 1 aliphatic heterocycles. The fourth-order valence-corrected chi connectivity index (χ4v) is 3.37. The highest BCUT2D eigenvalue weighted by Crippen LogP contribution is 2.40. The summed E-state index contributed by atoms with van der Waals surface area (Å²) < 4.78 is 1.01. The lowest BCUT2D eigenvalue weighted by Gasteiger charge is -2.37. The number of likely N-dealkylation sites (N-methyl/N-ethyl adjacent to an activating group) is 1. The van der Waals surface area contributed by atoms with Crippen molar-refractivity contribution < 1.29 is 5.11 Å².